The average molecular weight is 413 g/mol. The van der Waals surface area contributed by atoms with Crippen molar-refractivity contribution in [2.24, 2.45) is 0 Å². The van der Waals surface area contributed by atoms with Crippen LogP contribution in [-0.4, -0.2) is 23.3 Å². The van der Waals surface area contributed by atoms with Crippen LogP contribution in [0.25, 0.3) is 11.1 Å². The van der Waals surface area contributed by atoms with Crippen LogP contribution in [0.5, 0.6) is 0 Å². The zero-order chi connectivity index (χ0) is 21.8. The second-order valence-electron chi connectivity index (χ2n) is 8.10. The number of fused-ring (bicyclic) bond motifs is 3. The Morgan fingerprint density at radius 3 is 2.39 bits per heavy atom. The zero-order valence-corrected chi connectivity index (χ0v) is 18.1. The lowest BCUT2D eigenvalue weighted by molar-refractivity contribution is -0.126. The largest absolute Gasteiger partial charge is 0.354 e. The number of nitrogens with one attached hydrogen (secondary N) is 1. The van der Waals surface area contributed by atoms with Crippen molar-refractivity contribution in [3.63, 3.8) is 0 Å². The molecule has 0 spiro atoms. The molecule has 31 heavy (non-hydrogen) atoms. The fourth-order valence-electron chi connectivity index (χ4n) is 4.26. The fourth-order valence-corrected chi connectivity index (χ4v) is 4.26. The van der Waals surface area contributed by atoms with Gasteiger partial charge in [0.15, 0.2) is 0 Å². The van der Waals surface area contributed by atoms with Crippen molar-refractivity contribution < 1.29 is 9.59 Å². The Morgan fingerprint density at radius 1 is 0.935 bits per heavy atom. The van der Waals surface area contributed by atoms with Crippen molar-refractivity contribution in [1.29, 1.82) is 0 Å². The summed E-state index contributed by atoms with van der Waals surface area (Å²) in [5, 5.41) is 3.06. The van der Waals surface area contributed by atoms with Crippen molar-refractivity contribution in [2.45, 2.75) is 39.3 Å². The van der Waals surface area contributed by atoms with Crippen molar-refractivity contribution in [2.75, 3.05) is 6.54 Å². The first-order valence-corrected chi connectivity index (χ1v) is 10.9. The first-order chi connectivity index (χ1) is 15.1. The third-order valence-electron chi connectivity index (χ3n) is 5.79. The Hall–Kier alpha value is -3.40. The summed E-state index contributed by atoms with van der Waals surface area (Å²) in [7, 11) is 0. The van der Waals surface area contributed by atoms with Gasteiger partial charge in [0.25, 0.3) is 5.91 Å². The third kappa shape index (κ3) is 4.24. The average Bonchev–Trinajstić information content (AvgIpc) is 2.88. The molecule has 0 fully saturated rings. The minimum absolute atomic E-state index is 0.121. The Morgan fingerprint density at radius 2 is 1.65 bits per heavy atom. The second kappa shape index (κ2) is 9.17. The molecule has 0 bridgehead atoms. The molecular formula is C27H28N2O2. The van der Waals surface area contributed by atoms with Crippen LogP contribution in [0.15, 0.2) is 72.8 Å². The number of nitrogens with zero attached hydrogens (tertiary/aromatic N) is 1. The van der Waals surface area contributed by atoms with E-state index in [1.807, 2.05) is 73.7 Å². The molecule has 3 aromatic rings. The van der Waals surface area contributed by atoms with Crippen LogP contribution in [0.2, 0.25) is 0 Å². The summed E-state index contributed by atoms with van der Waals surface area (Å²) in [6.45, 7) is 5.10. The van der Waals surface area contributed by atoms with E-state index in [4.69, 9.17) is 0 Å². The van der Waals surface area contributed by atoms with Crippen LogP contribution in [0.3, 0.4) is 0 Å². The van der Waals surface area contributed by atoms with E-state index >= 15 is 0 Å². The van der Waals surface area contributed by atoms with Crippen LogP contribution < -0.4 is 5.32 Å². The molecule has 4 rings (SSSR count). The molecule has 1 aliphatic heterocycles. The lowest BCUT2D eigenvalue weighted by Gasteiger charge is -2.30. The van der Waals surface area contributed by atoms with Crippen LogP contribution in [0.4, 0.5) is 0 Å². The highest BCUT2D eigenvalue weighted by Crippen LogP contribution is 2.39. The monoisotopic (exact) mass is 412 g/mol. The molecule has 2 amide bonds. The highest BCUT2D eigenvalue weighted by molar-refractivity contribution is 6.05. The molecule has 0 saturated heterocycles. The first kappa shape index (κ1) is 20.9. The molecule has 1 heterocycles. The number of unbranched alkanes of at least 4 members (excludes halogenated alkanes) is 1. The summed E-state index contributed by atoms with van der Waals surface area (Å²) in [6.07, 6.45) is 1.91. The number of carbonyl (C=O) groups excluding carboxylic acids is 2. The Labute approximate surface area is 183 Å². The zero-order valence-electron chi connectivity index (χ0n) is 18.1. The number of hydrogen-bond donors (Lipinski definition) is 1. The van der Waals surface area contributed by atoms with Crippen LogP contribution >= 0.6 is 0 Å². The predicted octanol–water partition coefficient (Wildman–Crippen LogP) is 5.28. The van der Waals surface area contributed by atoms with E-state index < -0.39 is 6.04 Å². The van der Waals surface area contributed by atoms with Crippen LogP contribution in [-0.2, 0) is 11.3 Å². The van der Waals surface area contributed by atoms with E-state index in [1.165, 1.54) is 0 Å². The number of aryl methyl sites for hydroxylation is 1. The van der Waals surface area contributed by atoms with E-state index in [0.29, 0.717) is 18.7 Å². The van der Waals surface area contributed by atoms with Crippen LogP contribution in [0, 0.1) is 6.92 Å². The van der Waals surface area contributed by atoms with Crippen molar-refractivity contribution in [3.05, 3.63) is 95.1 Å². The SMILES string of the molecule is CCCCNC(=O)C1c2ccccc2-c2ccccc2C(=O)N1Cc1cccc(C)c1. The summed E-state index contributed by atoms with van der Waals surface area (Å²) in [4.78, 5) is 29.0. The Balaban J connectivity index is 1.85. The van der Waals surface area contributed by atoms with E-state index in [0.717, 1.165) is 40.7 Å². The van der Waals surface area contributed by atoms with Gasteiger partial charge in [-0.25, -0.2) is 0 Å². The number of rotatable bonds is 6. The van der Waals surface area contributed by atoms with Gasteiger partial charge in [0.2, 0.25) is 5.91 Å². The molecule has 4 nitrogen and oxygen atoms in total. The van der Waals surface area contributed by atoms with Gasteiger partial charge in [-0.2, -0.15) is 0 Å². The summed E-state index contributed by atoms with van der Waals surface area (Å²) in [5.74, 6) is -0.251. The maximum atomic E-state index is 13.8. The van der Waals surface area contributed by atoms with E-state index in [9.17, 15) is 9.59 Å². The molecular weight excluding hydrogens is 384 g/mol. The van der Waals surface area contributed by atoms with Gasteiger partial charge in [0, 0.05) is 18.7 Å². The smallest absolute Gasteiger partial charge is 0.255 e. The van der Waals surface area contributed by atoms with E-state index in [-0.39, 0.29) is 11.8 Å². The normalized spacial score (nSPS) is 15.1. The summed E-state index contributed by atoms with van der Waals surface area (Å²) in [5.41, 5.74) is 5.45. The molecule has 0 radical (unpaired) electrons. The van der Waals surface area contributed by atoms with Gasteiger partial charge in [-0.15, -0.1) is 0 Å². The van der Waals surface area contributed by atoms with Crippen molar-refractivity contribution in [3.8, 4) is 11.1 Å². The number of carbonyl (C=O) groups is 2. The van der Waals surface area contributed by atoms with Gasteiger partial charge < -0.3 is 10.2 Å². The van der Waals surface area contributed by atoms with Gasteiger partial charge in [0.1, 0.15) is 6.04 Å². The van der Waals surface area contributed by atoms with Crippen molar-refractivity contribution >= 4 is 11.8 Å². The molecule has 3 aromatic carbocycles. The molecule has 4 heteroatoms. The standard InChI is InChI=1S/C27H28N2O2/c1-3-4-16-28-26(30)25-23-14-7-5-12-21(23)22-13-6-8-15-24(22)27(31)29(25)18-20-11-9-10-19(2)17-20/h5-15,17,25H,3-4,16,18H2,1-2H3,(H,28,30). The van der Waals surface area contributed by atoms with Gasteiger partial charge in [0.05, 0.1) is 0 Å². The maximum absolute atomic E-state index is 13.8. The number of amides is 2. The maximum Gasteiger partial charge on any atom is 0.255 e. The first-order valence-electron chi connectivity index (χ1n) is 10.9. The lowest BCUT2D eigenvalue weighted by atomic mass is 9.93. The Bertz CT molecular complexity index is 1110. The molecule has 158 valence electrons. The molecule has 0 aliphatic carbocycles. The van der Waals surface area contributed by atoms with Gasteiger partial charge in [-0.3, -0.25) is 9.59 Å². The fraction of sp³-hybridized carbons (Fsp3) is 0.259. The summed E-state index contributed by atoms with van der Waals surface area (Å²) in [6, 6.07) is 22.9. The predicted molar refractivity (Wildman–Crippen MR) is 124 cm³/mol. The number of hydrogen-bond acceptors (Lipinski definition) is 2. The highest BCUT2D eigenvalue weighted by atomic mass is 16.2. The molecule has 0 aromatic heterocycles. The lowest BCUT2D eigenvalue weighted by Crippen LogP contribution is -2.43. The molecule has 1 aliphatic rings. The van der Waals surface area contributed by atoms with Gasteiger partial charge >= 0.3 is 0 Å². The van der Waals surface area contributed by atoms with E-state index in [1.54, 1.807) is 4.90 Å². The van der Waals surface area contributed by atoms with E-state index in [2.05, 4.69) is 18.3 Å². The van der Waals surface area contributed by atoms with Gasteiger partial charge in [-0.1, -0.05) is 85.6 Å². The topological polar surface area (TPSA) is 49.4 Å². The quantitative estimate of drug-likeness (QED) is 0.560. The third-order valence-corrected chi connectivity index (χ3v) is 5.79. The summed E-state index contributed by atoms with van der Waals surface area (Å²) < 4.78 is 0. The minimum Gasteiger partial charge on any atom is -0.354 e. The second-order valence-corrected chi connectivity index (χ2v) is 8.10. The highest BCUT2D eigenvalue weighted by Gasteiger charge is 2.37. The molecule has 1 N–H and O–H groups in total. The summed E-state index contributed by atoms with van der Waals surface area (Å²) >= 11 is 0. The van der Waals surface area contributed by atoms with Gasteiger partial charge in [-0.05, 0) is 41.7 Å². The minimum atomic E-state index is -0.687. The van der Waals surface area contributed by atoms with Crippen molar-refractivity contribution in [1.82, 2.24) is 10.2 Å². The molecule has 0 saturated carbocycles. The number of benzene rings is 3. The molecule has 1 atom stereocenters. The molecule has 1 unspecified atom stereocenters. The Kier molecular flexibility index (Phi) is 6.17. The van der Waals surface area contributed by atoms with Crippen LogP contribution in [0.1, 0.15) is 52.9 Å².